The smallest absolute Gasteiger partial charge is 0.106 e. The Balaban J connectivity index is -0.0000000700. The molecule has 0 aromatic carbocycles. The summed E-state index contributed by atoms with van der Waals surface area (Å²) in [7, 11) is 0. The van der Waals surface area contributed by atoms with Crippen molar-refractivity contribution in [3.05, 3.63) is 0 Å². The van der Waals surface area contributed by atoms with Gasteiger partial charge in [0.05, 0.1) is 11.3 Å². The molecule has 0 aromatic heterocycles. The number of aliphatic carboxylic acids is 1. The van der Waals surface area contributed by atoms with E-state index in [4.69, 9.17) is 26.0 Å². The summed E-state index contributed by atoms with van der Waals surface area (Å²) in [5.74, 6) is 1.23. The van der Waals surface area contributed by atoms with Crippen molar-refractivity contribution in [3.63, 3.8) is 0 Å². The Morgan fingerprint density at radius 3 is 1.83 bits per heavy atom. The van der Waals surface area contributed by atoms with E-state index >= 15 is 0 Å². The van der Waals surface area contributed by atoms with Crippen LogP contribution in [-0.4, -0.2) is 55.2 Å². The normalized spacial score (nSPS) is 8.56. The fourth-order valence-corrected chi connectivity index (χ4v) is 2.31. The third-order valence-corrected chi connectivity index (χ3v) is 3.40. The fraction of sp³-hybridized carbons (Fsp3) is 0.556. The molecule has 0 fully saturated rings. The van der Waals surface area contributed by atoms with Crippen molar-refractivity contribution >= 4 is 61.5 Å². The van der Waals surface area contributed by atoms with Crippen molar-refractivity contribution in [1.29, 1.82) is 0 Å². The number of alkyl halides is 1. The van der Waals surface area contributed by atoms with E-state index in [0.29, 0.717) is 5.75 Å². The summed E-state index contributed by atoms with van der Waals surface area (Å²) >= 11 is 8.68. The van der Waals surface area contributed by atoms with Gasteiger partial charge in [-0.3, -0.25) is 0 Å². The van der Waals surface area contributed by atoms with Gasteiger partial charge in [0, 0.05) is 37.4 Å². The van der Waals surface area contributed by atoms with Crippen molar-refractivity contribution in [2.75, 3.05) is 23.5 Å². The van der Waals surface area contributed by atoms with Crippen LogP contribution in [0.3, 0.4) is 0 Å². The molecule has 1 radical (unpaired) electrons. The van der Waals surface area contributed by atoms with Crippen molar-refractivity contribution in [3.8, 4) is 0 Å². The number of rotatable bonds is 6. The molecule has 0 amide bonds. The maximum atomic E-state index is 10.1. The predicted molar refractivity (Wildman–Crippen MR) is 71.7 cm³/mol. The largest absolute Gasteiger partial charge is 0.549 e. The molecule has 0 aromatic rings. The van der Waals surface area contributed by atoms with Gasteiger partial charge in [0.25, 0.3) is 0 Å². The minimum atomic E-state index is -1.18. The minimum Gasteiger partial charge on any atom is -0.549 e. The minimum absolute atomic E-state index is 0. The Morgan fingerprint density at radius 2 is 1.56 bits per heavy atom. The van der Waals surface area contributed by atoms with Gasteiger partial charge in [0.2, 0.25) is 0 Å². The molecule has 0 aliphatic heterocycles. The standard InChI is InChI=1S/C6H11ClO2S2.3CH2O.Tc/c1-10-2-3-11-4-5(7)6(8)9;3*1-2;/h5H,2-4H2,1H3,(H,8,9);3*1H2;/p-1/t5-;;;;/m1..../s1. The maximum Gasteiger partial charge on any atom is 0.106 e. The molecule has 5 nitrogen and oxygen atoms in total. The Labute approximate surface area is 134 Å². The average molecular weight is 402 g/mol. The van der Waals surface area contributed by atoms with Crippen LogP contribution >= 0.6 is 35.1 Å². The van der Waals surface area contributed by atoms with Gasteiger partial charge in [-0.25, -0.2) is 0 Å². The van der Waals surface area contributed by atoms with Crippen LogP contribution in [-0.2, 0) is 39.3 Å². The number of thioether (sulfide) groups is 2. The van der Waals surface area contributed by atoms with Gasteiger partial charge in [-0.1, -0.05) is 0 Å². The molecule has 0 aliphatic rings. The van der Waals surface area contributed by atoms with E-state index in [2.05, 4.69) is 0 Å². The summed E-state index contributed by atoms with van der Waals surface area (Å²) in [5.41, 5.74) is 0. The molecule has 18 heavy (non-hydrogen) atoms. The monoisotopic (exact) mass is 400 g/mol. The molecular weight excluding hydrogens is 386 g/mol. The van der Waals surface area contributed by atoms with Crippen LogP contribution in [0.5, 0.6) is 0 Å². The second kappa shape index (κ2) is 36.0. The molecule has 0 bridgehead atoms. The summed E-state index contributed by atoms with van der Waals surface area (Å²) in [6.07, 6.45) is 2.01. The van der Waals surface area contributed by atoms with Crippen molar-refractivity contribution in [2.24, 2.45) is 0 Å². The van der Waals surface area contributed by atoms with E-state index in [1.54, 1.807) is 23.5 Å². The molecule has 0 rings (SSSR count). The molecule has 1 atom stereocenters. The number of halogens is 1. The first-order valence-corrected chi connectivity index (χ1v) is 6.95. The van der Waals surface area contributed by atoms with Crippen LogP contribution in [0.2, 0.25) is 0 Å². The van der Waals surface area contributed by atoms with Crippen LogP contribution in [0.4, 0.5) is 0 Å². The summed E-state index contributed by atoms with van der Waals surface area (Å²) < 4.78 is 0. The Kier molecular flexibility index (Phi) is 61.7. The van der Waals surface area contributed by atoms with E-state index in [-0.39, 0.29) is 20.1 Å². The second-order valence-electron chi connectivity index (χ2n) is 1.85. The van der Waals surface area contributed by atoms with Crippen LogP contribution in [0.1, 0.15) is 0 Å². The molecule has 0 unspecified atom stereocenters. The third-order valence-electron chi connectivity index (χ3n) is 0.952. The first-order chi connectivity index (χ1) is 8.18. The number of carboxylic acids is 1. The fourth-order valence-electron chi connectivity index (χ4n) is 0.397. The van der Waals surface area contributed by atoms with Gasteiger partial charge in [-0.2, -0.15) is 23.5 Å². The first-order valence-electron chi connectivity index (χ1n) is 3.96. The van der Waals surface area contributed by atoms with Gasteiger partial charge < -0.3 is 24.3 Å². The summed E-state index contributed by atoms with van der Waals surface area (Å²) in [4.78, 5) is 34.1. The average Bonchev–Trinajstić information content (AvgIpc) is 2.41. The maximum absolute atomic E-state index is 10.1. The molecule has 9 heteroatoms. The van der Waals surface area contributed by atoms with Gasteiger partial charge in [-0.05, 0) is 6.26 Å². The SMILES string of the molecule is C=O.C=O.C=O.CSCCSC[C@@H](Cl)C(=O)[O-].[Tc]. The first kappa shape index (κ1) is 30.9. The van der Waals surface area contributed by atoms with E-state index in [1.807, 2.05) is 26.6 Å². The number of carbonyl (C=O) groups is 4. The van der Waals surface area contributed by atoms with Gasteiger partial charge in [0.1, 0.15) is 20.4 Å². The molecular formula is C9H16ClO5S2Tc-. The number of hydrogen-bond acceptors (Lipinski definition) is 7. The number of carbonyl (C=O) groups excluding carboxylic acids is 4. The Morgan fingerprint density at radius 1 is 1.17 bits per heavy atom. The topological polar surface area (TPSA) is 91.3 Å². The zero-order valence-corrected chi connectivity index (χ0v) is 14.2. The quantitative estimate of drug-likeness (QED) is 0.452. The van der Waals surface area contributed by atoms with E-state index in [0.717, 1.165) is 11.5 Å². The van der Waals surface area contributed by atoms with E-state index < -0.39 is 11.3 Å². The van der Waals surface area contributed by atoms with Gasteiger partial charge in [0.15, 0.2) is 0 Å². The predicted octanol–water partition coefficient (Wildman–Crippen LogP) is -0.117. The summed E-state index contributed by atoms with van der Waals surface area (Å²) in [5, 5.41) is 9.26. The molecule has 109 valence electrons. The number of carboxylic acid groups (broad SMARTS) is 1. The number of hydrogen-bond donors (Lipinski definition) is 0. The molecule has 0 saturated carbocycles. The van der Waals surface area contributed by atoms with E-state index in [1.165, 1.54) is 0 Å². The zero-order valence-electron chi connectivity index (χ0n) is 9.93. The van der Waals surface area contributed by atoms with E-state index in [9.17, 15) is 9.90 Å². The molecule has 0 saturated heterocycles. The van der Waals surface area contributed by atoms with Crippen LogP contribution in [0.25, 0.3) is 0 Å². The Hall–Kier alpha value is 0.119. The van der Waals surface area contributed by atoms with Crippen molar-refractivity contribution < 1.29 is 44.4 Å². The second-order valence-corrected chi connectivity index (χ2v) is 4.52. The Bertz CT molecular complexity index is 163. The molecule has 0 heterocycles. The van der Waals surface area contributed by atoms with Crippen LogP contribution < -0.4 is 5.11 Å². The molecule has 0 N–H and O–H groups in total. The zero-order chi connectivity index (χ0) is 14.7. The van der Waals surface area contributed by atoms with Crippen molar-refractivity contribution in [1.82, 2.24) is 0 Å². The van der Waals surface area contributed by atoms with Crippen LogP contribution in [0, 0.1) is 0 Å². The van der Waals surface area contributed by atoms with Crippen LogP contribution in [0.15, 0.2) is 0 Å². The summed E-state index contributed by atoms with van der Waals surface area (Å²) in [6, 6.07) is 0. The van der Waals surface area contributed by atoms with Gasteiger partial charge in [-0.15, -0.1) is 11.6 Å². The van der Waals surface area contributed by atoms with Gasteiger partial charge >= 0.3 is 0 Å². The van der Waals surface area contributed by atoms with Crippen molar-refractivity contribution in [2.45, 2.75) is 5.38 Å². The summed E-state index contributed by atoms with van der Waals surface area (Å²) in [6.45, 7) is 6.00. The third kappa shape index (κ3) is 36.0. The molecule has 0 spiro atoms. The molecule has 0 aliphatic carbocycles.